The van der Waals surface area contributed by atoms with Gasteiger partial charge in [0, 0.05) is 23.4 Å². The van der Waals surface area contributed by atoms with Crippen LogP contribution in [0, 0.1) is 0 Å². The molecule has 0 aliphatic carbocycles. The molecule has 9 heteroatoms. The number of benzene rings is 2. The molecule has 3 heterocycles. The highest BCUT2D eigenvalue weighted by Gasteiger charge is 2.15. The Morgan fingerprint density at radius 2 is 1.48 bits per heavy atom. The first-order valence-electron chi connectivity index (χ1n) is 9.83. The van der Waals surface area contributed by atoms with Crippen LogP contribution in [0.4, 0.5) is 5.69 Å². The van der Waals surface area contributed by atoms with Gasteiger partial charge in [-0.05, 0) is 36.4 Å². The largest absolute Gasteiger partial charge is 0.486 e. The molecule has 0 radical (unpaired) electrons. The lowest BCUT2D eigenvalue weighted by Crippen LogP contribution is -2.29. The van der Waals surface area contributed by atoms with Crippen LogP contribution in [0.1, 0.15) is 0 Å². The Morgan fingerprint density at radius 1 is 0.839 bits per heavy atom. The zero-order valence-corrected chi connectivity index (χ0v) is 16.5. The summed E-state index contributed by atoms with van der Waals surface area (Å²) in [4.78, 5) is 24.8. The molecular weight excluding hydrogens is 402 g/mol. The van der Waals surface area contributed by atoms with Crippen molar-refractivity contribution in [3.05, 3.63) is 58.9 Å². The van der Waals surface area contributed by atoms with Crippen molar-refractivity contribution in [1.29, 1.82) is 0 Å². The van der Waals surface area contributed by atoms with E-state index >= 15 is 0 Å². The molecular formula is C22H19N3O6. The maximum Gasteiger partial charge on any atom is 0.267 e. The first-order chi connectivity index (χ1) is 15.2. The minimum absolute atomic E-state index is 0.230. The number of amides is 1. The van der Waals surface area contributed by atoms with Crippen LogP contribution in [-0.4, -0.2) is 42.1 Å². The van der Waals surface area contributed by atoms with Gasteiger partial charge in [-0.15, -0.1) is 0 Å². The number of hydrogen-bond donors (Lipinski definition) is 1. The third kappa shape index (κ3) is 4.02. The highest BCUT2D eigenvalue weighted by atomic mass is 16.6. The Kier molecular flexibility index (Phi) is 4.91. The fourth-order valence-corrected chi connectivity index (χ4v) is 3.38. The predicted molar refractivity (Wildman–Crippen MR) is 111 cm³/mol. The Hall–Kier alpha value is -4.01. The molecule has 0 saturated carbocycles. The number of fused-ring (bicyclic) bond motifs is 2. The molecule has 31 heavy (non-hydrogen) atoms. The van der Waals surface area contributed by atoms with Gasteiger partial charge in [0.25, 0.3) is 5.56 Å². The van der Waals surface area contributed by atoms with Gasteiger partial charge in [0.15, 0.2) is 23.0 Å². The molecule has 3 aromatic rings. The number of carbonyl (C=O) groups excluding carboxylic acids is 1. The van der Waals surface area contributed by atoms with E-state index in [4.69, 9.17) is 18.9 Å². The first kappa shape index (κ1) is 19.0. The van der Waals surface area contributed by atoms with E-state index in [1.165, 1.54) is 6.07 Å². The standard InChI is InChI=1S/C22H19N3O6/c26-21(23-15-2-5-18-20(12-15)31-10-8-29-18)13-25-22(27)6-3-16(24-25)14-1-4-17-19(11-14)30-9-7-28-17/h1-6,11-12H,7-10,13H2,(H,23,26). The molecule has 0 unspecified atom stereocenters. The van der Waals surface area contributed by atoms with Gasteiger partial charge in [0.05, 0.1) is 5.69 Å². The van der Waals surface area contributed by atoms with Crippen LogP contribution in [0.15, 0.2) is 53.3 Å². The smallest absolute Gasteiger partial charge is 0.267 e. The number of carbonyl (C=O) groups is 1. The van der Waals surface area contributed by atoms with Crippen LogP contribution in [0.3, 0.4) is 0 Å². The van der Waals surface area contributed by atoms with E-state index in [0.29, 0.717) is 60.8 Å². The van der Waals surface area contributed by atoms with Gasteiger partial charge < -0.3 is 24.3 Å². The second-order valence-electron chi connectivity index (χ2n) is 6.98. The number of hydrogen-bond acceptors (Lipinski definition) is 7. The molecule has 9 nitrogen and oxygen atoms in total. The molecule has 0 atom stereocenters. The maximum atomic E-state index is 12.5. The lowest BCUT2D eigenvalue weighted by molar-refractivity contribution is -0.117. The topological polar surface area (TPSA) is 101 Å². The second kappa shape index (κ2) is 8.02. The third-order valence-corrected chi connectivity index (χ3v) is 4.82. The van der Waals surface area contributed by atoms with Crippen molar-refractivity contribution in [3.63, 3.8) is 0 Å². The maximum absolute atomic E-state index is 12.5. The summed E-state index contributed by atoms with van der Waals surface area (Å²) in [7, 11) is 0. The monoisotopic (exact) mass is 421 g/mol. The van der Waals surface area contributed by atoms with Crippen molar-refractivity contribution >= 4 is 11.6 Å². The van der Waals surface area contributed by atoms with Gasteiger partial charge in [-0.3, -0.25) is 9.59 Å². The van der Waals surface area contributed by atoms with Crippen molar-refractivity contribution in [2.45, 2.75) is 6.54 Å². The van der Waals surface area contributed by atoms with Gasteiger partial charge in [0.2, 0.25) is 5.91 Å². The molecule has 1 amide bonds. The van der Waals surface area contributed by atoms with E-state index < -0.39 is 0 Å². The number of rotatable bonds is 4. The highest BCUT2D eigenvalue weighted by molar-refractivity contribution is 5.90. The van der Waals surface area contributed by atoms with E-state index in [-0.39, 0.29) is 18.0 Å². The van der Waals surface area contributed by atoms with Crippen molar-refractivity contribution in [1.82, 2.24) is 9.78 Å². The highest BCUT2D eigenvalue weighted by Crippen LogP contribution is 2.34. The lowest BCUT2D eigenvalue weighted by atomic mass is 10.1. The Labute approximate surface area is 177 Å². The number of ether oxygens (including phenoxy) is 4. The van der Waals surface area contributed by atoms with E-state index in [9.17, 15) is 9.59 Å². The molecule has 158 valence electrons. The molecule has 5 rings (SSSR count). The van der Waals surface area contributed by atoms with E-state index in [1.54, 1.807) is 36.4 Å². The number of nitrogens with zero attached hydrogens (tertiary/aromatic N) is 2. The Balaban J connectivity index is 1.34. The molecule has 0 saturated heterocycles. The molecule has 1 aromatic heterocycles. The first-order valence-corrected chi connectivity index (χ1v) is 9.83. The summed E-state index contributed by atoms with van der Waals surface area (Å²) < 4.78 is 23.3. The van der Waals surface area contributed by atoms with Gasteiger partial charge in [0.1, 0.15) is 33.0 Å². The predicted octanol–water partition coefficient (Wildman–Crippen LogP) is 2.09. The summed E-state index contributed by atoms with van der Waals surface area (Å²) in [5.41, 5.74) is 1.47. The zero-order chi connectivity index (χ0) is 21.2. The summed E-state index contributed by atoms with van der Waals surface area (Å²) in [5.74, 6) is 2.11. The van der Waals surface area contributed by atoms with E-state index in [1.807, 2.05) is 6.07 Å². The van der Waals surface area contributed by atoms with Crippen molar-refractivity contribution in [2.24, 2.45) is 0 Å². The summed E-state index contributed by atoms with van der Waals surface area (Å²) in [6.07, 6.45) is 0. The second-order valence-corrected chi connectivity index (χ2v) is 6.98. The average molecular weight is 421 g/mol. The zero-order valence-electron chi connectivity index (χ0n) is 16.5. The van der Waals surface area contributed by atoms with E-state index in [2.05, 4.69) is 10.4 Å². The number of nitrogens with one attached hydrogen (secondary N) is 1. The van der Waals surface area contributed by atoms with Gasteiger partial charge >= 0.3 is 0 Å². The fraction of sp³-hybridized carbons (Fsp3) is 0.227. The van der Waals surface area contributed by atoms with Crippen LogP contribution in [0.2, 0.25) is 0 Å². The minimum Gasteiger partial charge on any atom is -0.486 e. The summed E-state index contributed by atoms with van der Waals surface area (Å²) >= 11 is 0. The third-order valence-electron chi connectivity index (χ3n) is 4.82. The quantitative estimate of drug-likeness (QED) is 0.688. The van der Waals surface area contributed by atoms with Crippen molar-refractivity contribution in [2.75, 3.05) is 31.7 Å². The van der Waals surface area contributed by atoms with Crippen LogP contribution in [-0.2, 0) is 11.3 Å². The summed E-state index contributed by atoms with van der Waals surface area (Å²) in [5, 5.41) is 7.10. The van der Waals surface area contributed by atoms with E-state index in [0.717, 1.165) is 10.2 Å². The Morgan fingerprint density at radius 3 is 2.23 bits per heavy atom. The summed E-state index contributed by atoms with van der Waals surface area (Å²) in [6.45, 7) is 1.70. The number of anilines is 1. The van der Waals surface area contributed by atoms with Gasteiger partial charge in [-0.1, -0.05) is 0 Å². The van der Waals surface area contributed by atoms with Crippen LogP contribution in [0.5, 0.6) is 23.0 Å². The van der Waals surface area contributed by atoms with Gasteiger partial charge in [-0.2, -0.15) is 5.10 Å². The van der Waals surface area contributed by atoms with Crippen molar-refractivity contribution < 1.29 is 23.7 Å². The molecule has 1 N–H and O–H groups in total. The molecule has 0 fully saturated rings. The van der Waals surface area contributed by atoms with Crippen molar-refractivity contribution in [3.8, 4) is 34.3 Å². The molecule has 0 spiro atoms. The molecule has 2 aliphatic heterocycles. The minimum atomic E-state index is -0.384. The Bertz CT molecular complexity index is 1210. The van der Waals surface area contributed by atoms with Gasteiger partial charge in [-0.25, -0.2) is 4.68 Å². The average Bonchev–Trinajstić information content (AvgIpc) is 2.80. The molecule has 0 bridgehead atoms. The molecule has 2 aromatic carbocycles. The molecule has 2 aliphatic rings. The SMILES string of the molecule is O=C(Cn1nc(-c2ccc3c(c2)OCCO3)ccc1=O)Nc1ccc2c(c1)OCCO2. The summed E-state index contributed by atoms with van der Waals surface area (Å²) in [6, 6.07) is 13.6. The van der Waals surface area contributed by atoms with Crippen LogP contribution in [0.25, 0.3) is 11.3 Å². The number of aromatic nitrogens is 2. The van der Waals surface area contributed by atoms with Crippen LogP contribution >= 0.6 is 0 Å². The fourth-order valence-electron chi connectivity index (χ4n) is 3.38. The van der Waals surface area contributed by atoms with Crippen LogP contribution < -0.4 is 29.8 Å². The normalized spacial score (nSPS) is 14.1. The lowest BCUT2D eigenvalue weighted by Gasteiger charge is -2.19.